The van der Waals surface area contributed by atoms with Gasteiger partial charge >= 0.3 is 0 Å². The molecular weight excluding hydrogens is 381 g/mol. The molecular formula is C27H31F3. The Morgan fingerprint density at radius 1 is 0.933 bits per heavy atom. The Morgan fingerprint density at radius 2 is 1.67 bits per heavy atom. The van der Waals surface area contributed by atoms with Gasteiger partial charge in [-0.25, -0.2) is 13.2 Å². The van der Waals surface area contributed by atoms with Crippen molar-refractivity contribution in [2.45, 2.75) is 71.1 Å². The molecule has 160 valence electrons. The van der Waals surface area contributed by atoms with E-state index in [1.807, 2.05) is 0 Å². The highest BCUT2D eigenvalue weighted by molar-refractivity contribution is 5.67. The van der Waals surface area contributed by atoms with E-state index >= 15 is 4.39 Å². The van der Waals surface area contributed by atoms with Crippen molar-refractivity contribution in [3.05, 3.63) is 70.6 Å². The first-order valence-corrected chi connectivity index (χ1v) is 11.5. The van der Waals surface area contributed by atoms with E-state index in [0.29, 0.717) is 29.9 Å². The molecule has 2 aromatic carbocycles. The van der Waals surface area contributed by atoms with E-state index in [2.05, 4.69) is 13.0 Å². The lowest BCUT2D eigenvalue weighted by molar-refractivity contribution is 0.279. The number of hydrogen-bond donors (Lipinski definition) is 0. The number of hydrogen-bond acceptors (Lipinski definition) is 0. The first-order chi connectivity index (χ1) is 14.6. The highest BCUT2D eigenvalue weighted by atomic mass is 19.1. The third-order valence-electron chi connectivity index (χ3n) is 7.09. The van der Waals surface area contributed by atoms with Crippen LogP contribution in [-0.4, -0.2) is 0 Å². The Morgan fingerprint density at radius 3 is 2.37 bits per heavy atom. The van der Waals surface area contributed by atoms with Crippen LogP contribution < -0.4 is 0 Å². The maximum atomic E-state index is 15.2. The Hall–Kier alpha value is -2.03. The molecule has 0 radical (unpaired) electrons. The fraction of sp³-hybridized carbons (Fsp3) is 0.481. The van der Waals surface area contributed by atoms with Crippen LogP contribution in [0.4, 0.5) is 13.2 Å². The van der Waals surface area contributed by atoms with E-state index < -0.39 is 17.5 Å². The summed E-state index contributed by atoms with van der Waals surface area (Å²) in [6.45, 7) is 2.25. The highest BCUT2D eigenvalue weighted by Crippen LogP contribution is 2.40. The van der Waals surface area contributed by atoms with Crippen molar-refractivity contribution in [1.82, 2.24) is 0 Å². The average molecular weight is 413 g/mol. The monoisotopic (exact) mass is 412 g/mol. The zero-order valence-corrected chi connectivity index (χ0v) is 17.8. The second-order valence-corrected chi connectivity index (χ2v) is 9.07. The minimum Gasteiger partial charge on any atom is -0.207 e. The Bertz CT molecular complexity index is 903. The zero-order chi connectivity index (χ0) is 21.1. The van der Waals surface area contributed by atoms with Crippen molar-refractivity contribution in [2.75, 3.05) is 0 Å². The minimum atomic E-state index is -0.557. The van der Waals surface area contributed by atoms with Gasteiger partial charge in [-0.1, -0.05) is 56.4 Å². The SMILES string of the molecule is CCCCCC1CCC(C2=CCc3c(cc(F)c(-c4ccc(F)cc4)c3F)C2)CC1. The molecule has 1 fully saturated rings. The molecule has 1 saturated carbocycles. The molecule has 2 aliphatic carbocycles. The zero-order valence-electron chi connectivity index (χ0n) is 17.8. The van der Waals surface area contributed by atoms with Crippen molar-refractivity contribution in [3.8, 4) is 11.1 Å². The van der Waals surface area contributed by atoms with Crippen LogP contribution in [0.2, 0.25) is 0 Å². The normalized spacial score (nSPS) is 21.3. The molecule has 30 heavy (non-hydrogen) atoms. The van der Waals surface area contributed by atoms with Crippen LogP contribution in [0.5, 0.6) is 0 Å². The third-order valence-corrected chi connectivity index (χ3v) is 7.09. The Balaban J connectivity index is 1.46. The summed E-state index contributed by atoms with van der Waals surface area (Å²) >= 11 is 0. The fourth-order valence-corrected chi connectivity index (χ4v) is 5.31. The lowest BCUT2D eigenvalue weighted by Gasteiger charge is -2.32. The van der Waals surface area contributed by atoms with Crippen LogP contribution >= 0.6 is 0 Å². The molecule has 0 unspecified atom stereocenters. The van der Waals surface area contributed by atoms with Gasteiger partial charge in [0.05, 0.1) is 5.56 Å². The molecule has 0 heterocycles. The molecule has 0 atom stereocenters. The summed E-state index contributed by atoms with van der Waals surface area (Å²) in [7, 11) is 0. The number of unbranched alkanes of at least 4 members (excludes halogenated alkanes) is 2. The molecule has 0 nitrogen and oxygen atoms in total. The molecule has 0 aromatic heterocycles. The summed E-state index contributed by atoms with van der Waals surface area (Å²) in [5.74, 6) is -0.0450. The molecule has 0 saturated heterocycles. The van der Waals surface area contributed by atoms with Gasteiger partial charge in [-0.3, -0.25) is 0 Å². The predicted molar refractivity (Wildman–Crippen MR) is 117 cm³/mol. The topological polar surface area (TPSA) is 0 Å². The second-order valence-electron chi connectivity index (χ2n) is 9.07. The van der Waals surface area contributed by atoms with Crippen LogP contribution in [0.25, 0.3) is 11.1 Å². The molecule has 0 N–H and O–H groups in total. The lowest BCUT2D eigenvalue weighted by Crippen LogP contribution is -2.20. The minimum absolute atomic E-state index is 0.0433. The van der Waals surface area contributed by atoms with Gasteiger partial charge in [0.15, 0.2) is 0 Å². The molecule has 0 aliphatic heterocycles. The summed E-state index contributed by atoms with van der Waals surface area (Å²) in [5.41, 5.74) is 3.07. The number of fused-ring (bicyclic) bond motifs is 1. The van der Waals surface area contributed by atoms with Crippen molar-refractivity contribution in [2.24, 2.45) is 11.8 Å². The first kappa shape index (κ1) is 21.2. The summed E-state index contributed by atoms with van der Waals surface area (Å²) in [6, 6.07) is 6.85. The largest absolute Gasteiger partial charge is 0.207 e. The van der Waals surface area contributed by atoms with E-state index in [-0.39, 0.29) is 5.56 Å². The summed E-state index contributed by atoms with van der Waals surface area (Å²) in [5, 5.41) is 0. The maximum Gasteiger partial charge on any atom is 0.137 e. The van der Waals surface area contributed by atoms with E-state index in [4.69, 9.17) is 0 Å². The van der Waals surface area contributed by atoms with Gasteiger partial charge in [-0.05, 0) is 85.3 Å². The number of rotatable bonds is 6. The standard InChI is InChI=1S/C27H31F3/c1-2-3-4-5-18-6-8-19(9-7-18)21-12-15-24-22(16-21)17-25(29)26(27(24)30)20-10-13-23(28)14-11-20/h10-14,17-19H,2-9,15-16H2,1H3. The molecule has 0 amide bonds. The van der Waals surface area contributed by atoms with Crippen molar-refractivity contribution >= 4 is 0 Å². The maximum absolute atomic E-state index is 15.2. The molecule has 2 aromatic rings. The van der Waals surface area contributed by atoms with E-state index in [1.165, 1.54) is 87.3 Å². The highest BCUT2D eigenvalue weighted by Gasteiger charge is 2.28. The van der Waals surface area contributed by atoms with Gasteiger partial charge in [0.1, 0.15) is 17.5 Å². The predicted octanol–water partition coefficient (Wildman–Crippen LogP) is 8.18. The van der Waals surface area contributed by atoms with Gasteiger partial charge < -0.3 is 0 Å². The second kappa shape index (κ2) is 9.41. The molecule has 3 heteroatoms. The molecule has 0 bridgehead atoms. The van der Waals surface area contributed by atoms with Crippen LogP contribution in [-0.2, 0) is 12.8 Å². The Kier molecular flexibility index (Phi) is 6.65. The van der Waals surface area contributed by atoms with Crippen LogP contribution in [0.3, 0.4) is 0 Å². The van der Waals surface area contributed by atoms with Crippen molar-refractivity contribution in [3.63, 3.8) is 0 Å². The molecule has 2 aliphatic rings. The number of benzene rings is 2. The van der Waals surface area contributed by atoms with Gasteiger partial charge in [0.2, 0.25) is 0 Å². The van der Waals surface area contributed by atoms with Crippen molar-refractivity contribution in [1.29, 1.82) is 0 Å². The van der Waals surface area contributed by atoms with Gasteiger partial charge in [0.25, 0.3) is 0 Å². The van der Waals surface area contributed by atoms with Gasteiger partial charge in [-0.2, -0.15) is 0 Å². The van der Waals surface area contributed by atoms with E-state index in [9.17, 15) is 8.78 Å². The molecule has 0 spiro atoms. The van der Waals surface area contributed by atoms with Gasteiger partial charge in [0, 0.05) is 0 Å². The van der Waals surface area contributed by atoms with E-state index in [0.717, 1.165) is 11.5 Å². The Labute approximate surface area is 178 Å². The number of allylic oxidation sites excluding steroid dienone is 2. The van der Waals surface area contributed by atoms with Gasteiger partial charge in [-0.15, -0.1) is 0 Å². The fourth-order valence-electron chi connectivity index (χ4n) is 5.31. The van der Waals surface area contributed by atoms with Crippen molar-refractivity contribution < 1.29 is 13.2 Å². The van der Waals surface area contributed by atoms with E-state index in [1.54, 1.807) is 0 Å². The summed E-state index contributed by atoms with van der Waals surface area (Å²) in [4.78, 5) is 0. The quantitative estimate of drug-likeness (QED) is 0.331. The van der Waals surface area contributed by atoms with Crippen LogP contribution in [0, 0.1) is 29.3 Å². The third kappa shape index (κ3) is 4.50. The van der Waals surface area contributed by atoms with Crippen LogP contribution in [0.1, 0.15) is 69.4 Å². The molecule has 4 rings (SSSR count). The summed E-state index contributed by atoms with van der Waals surface area (Å²) in [6.07, 6.45) is 13.6. The summed E-state index contributed by atoms with van der Waals surface area (Å²) < 4.78 is 43.2. The lowest BCUT2D eigenvalue weighted by atomic mass is 9.73. The smallest absolute Gasteiger partial charge is 0.137 e. The average Bonchev–Trinajstić information content (AvgIpc) is 2.75. The van der Waals surface area contributed by atoms with Crippen LogP contribution in [0.15, 0.2) is 42.0 Å². The number of halogens is 3. The first-order valence-electron chi connectivity index (χ1n) is 11.5.